The molecule has 0 atom stereocenters. The van der Waals surface area contributed by atoms with Gasteiger partial charge in [-0.05, 0) is 24.6 Å². The summed E-state index contributed by atoms with van der Waals surface area (Å²) in [6.45, 7) is 1.63. The van der Waals surface area contributed by atoms with E-state index in [0.717, 1.165) is 28.2 Å². The van der Waals surface area contributed by atoms with E-state index in [4.69, 9.17) is 0 Å². The largest absolute Gasteiger partial charge is 0.477 e. The maximum absolute atomic E-state index is 12.4. The van der Waals surface area contributed by atoms with Crippen LogP contribution < -0.4 is 5.56 Å². The van der Waals surface area contributed by atoms with Crippen LogP contribution in [0.25, 0.3) is 21.3 Å². The van der Waals surface area contributed by atoms with E-state index in [2.05, 4.69) is 15.0 Å². The third-order valence-corrected chi connectivity index (χ3v) is 5.42. The number of imidazole rings is 1. The first-order valence-electron chi connectivity index (χ1n) is 7.61. The fraction of sp³-hybridized carbons (Fsp3) is 0.176. The molecule has 4 rings (SSSR count). The average molecular weight is 354 g/mol. The van der Waals surface area contributed by atoms with E-state index in [0.29, 0.717) is 28.0 Å². The van der Waals surface area contributed by atoms with Gasteiger partial charge in [0, 0.05) is 7.05 Å². The van der Waals surface area contributed by atoms with Crippen LogP contribution in [0.3, 0.4) is 0 Å². The molecule has 4 aromatic rings. The predicted molar refractivity (Wildman–Crippen MR) is 95.5 cm³/mol. The summed E-state index contributed by atoms with van der Waals surface area (Å²) in [5.74, 6) is 0.196. The highest BCUT2D eigenvalue weighted by Crippen LogP contribution is 2.27. The van der Waals surface area contributed by atoms with E-state index < -0.39 is 5.97 Å². The Morgan fingerprint density at radius 1 is 1.32 bits per heavy atom. The number of fused-ring (bicyclic) bond motifs is 2. The fourth-order valence-corrected chi connectivity index (χ4v) is 4.02. The third-order valence-electron chi connectivity index (χ3n) is 4.25. The van der Waals surface area contributed by atoms with Crippen molar-refractivity contribution in [3.63, 3.8) is 0 Å². The molecule has 0 radical (unpaired) electrons. The Balaban J connectivity index is 1.83. The van der Waals surface area contributed by atoms with Crippen LogP contribution >= 0.6 is 11.3 Å². The van der Waals surface area contributed by atoms with Gasteiger partial charge in [-0.3, -0.25) is 4.79 Å². The van der Waals surface area contributed by atoms with Crippen LogP contribution in [0.4, 0.5) is 0 Å². The molecule has 3 heterocycles. The average Bonchev–Trinajstić information content (AvgIpc) is 3.06. The number of carbonyl (C=O) groups is 1. The summed E-state index contributed by atoms with van der Waals surface area (Å²) >= 11 is 1.02. The molecular formula is C17H14N4O3S. The van der Waals surface area contributed by atoms with Crippen LogP contribution in [-0.2, 0) is 13.5 Å². The molecule has 0 saturated carbocycles. The highest BCUT2D eigenvalue weighted by molar-refractivity contribution is 7.20. The van der Waals surface area contributed by atoms with Gasteiger partial charge in [0.25, 0.3) is 5.56 Å². The second kappa shape index (κ2) is 5.52. The smallest absolute Gasteiger partial charge is 0.346 e. The van der Waals surface area contributed by atoms with Crippen molar-refractivity contribution in [1.82, 2.24) is 19.5 Å². The lowest BCUT2D eigenvalue weighted by atomic mass is 10.2. The number of thiophene rings is 1. The number of carboxylic acids is 1. The fourth-order valence-electron chi connectivity index (χ4n) is 2.98. The molecule has 0 aliphatic rings. The van der Waals surface area contributed by atoms with Crippen LogP contribution in [0.15, 0.2) is 29.1 Å². The summed E-state index contributed by atoms with van der Waals surface area (Å²) in [6.07, 6.45) is 0.357. The van der Waals surface area contributed by atoms with Crippen molar-refractivity contribution in [2.75, 3.05) is 0 Å². The highest BCUT2D eigenvalue weighted by atomic mass is 32.1. The van der Waals surface area contributed by atoms with Gasteiger partial charge in [-0.15, -0.1) is 11.3 Å². The van der Waals surface area contributed by atoms with E-state index in [-0.39, 0.29) is 10.4 Å². The molecule has 0 fully saturated rings. The van der Waals surface area contributed by atoms with Gasteiger partial charge < -0.3 is 14.7 Å². The number of benzene rings is 1. The monoisotopic (exact) mass is 354 g/mol. The number of para-hydroxylation sites is 2. The minimum Gasteiger partial charge on any atom is -0.477 e. The first-order valence-corrected chi connectivity index (χ1v) is 8.43. The number of nitrogens with zero attached hydrogens (tertiary/aromatic N) is 3. The van der Waals surface area contributed by atoms with Crippen molar-refractivity contribution in [3.05, 3.63) is 56.7 Å². The van der Waals surface area contributed by atoms with Gasteiger partial charge in [0.05, 0.1) is 22.8 Å². The molecule has 0 unspecified atom stereocenters. The van der Waals surface area contributed by atoms with Gasteiger partial charge >= 0.3 is 5.97 Å². The topological polar surface area (TPSA) is 101 Å². The van der Waals surface area contributed by atoms with Crippen molar-refractivity contribution in [2.45, 2.75) is 13.3 Å². The van der Waals surface area contributed by atoms with Crippen LogP contribution in [0.2, 0.25) is 0 Å². The summed E-state index contributed by atoms with van der Waals surface area (Å²) < 4.78 is 1.96. The second-order valence-corrected chi connectivity index (χ2v) is 6.81. The normalized spacial score (nSPS) is 11.4. The van der Waals surface area contributed by atoms with Crippen LogP contribution in [0.1, 0.15) is 26.9 Å². The minimum absolute atomic E-state index is 0.146. The van der Waals surface area contributed by atoms with Crippen molar-refractivity contribution in [3.8, 4) is 0 Å². The van der Waals surface area contributed by atoms with Gasteiger partial charge in [-0.25, -0.2) is 14.8 Å². The van der Waals surface area contributed by atoms with Crippen molar-refractivity contribution in [1.29, 1.82) is 0 Å². The van der Waals surface area contributed by atoms with Gasteiger partial charge in [-0.1, -0.05) is 12.1 Å². The van der Waals surface area contributed by atoms with E-state index in [9.17, 15) is 14.7 Å². The van der Waals surface area contributed by atoms with Crippen LogP contribution in [0, 0.1) is 6.92 Å². The van der Waals surface area contributed by atoms with Gasteiger partial charge in [0.2, 0.25) is 0 Å². The van der Waals surface area contributed by atoms with Crippen LogP contribution in [-0.4, -0.2) is 30.6 Å². The molecule has 0 saturated heterocycles. The Kier molecular flexibility index (Phi) is 3.43. The Labute approximate surface area is 145 Å². The lowest BCUT2D eigenvalue weighted by molar-refractivity contribution is 0.0701. The summed E-state index contributed by atoms with van der Waals surface area (Å²) in [5, 5.41) is 9.58. The molecule has 0 aliphatic carbocycles. The SMILES string of the molecule is Cc1c(C(=O)O)sc2nc(Cc3nc4ccccc4n3C)[nH]c(=O)c12. The number of aromatic amines is 1. The number of carboxylic acid groups (broad SMARTS) is 1. The van der Waals surface area contributed by atoms with Crippen molar-refractivity contribution < 1.29 is 9.90 Å². The summed E-state index contributed by atoms with van der Waals surface area (Å²) in [6, 6.07) is 7.78. The van der Waals surface area contributed by atoms with Crippen molar-refractivity contribution in [2.24, 2.45) is 7.05 Å². The van der Waals surface area contributed by atoms with Gasteiger partial charge in [0.15, 0.2) is 0 Å². The standard InChI is InChI=1S/C17H14N4O3S/c1-8-13-15(22)19-11(20-16(13)25-14(8)17(23)24)7-12-18-9-5-3-4-6-10(9)21(12)2/h3-6H,7H2,1-2H3,(H,23,24)(H,19,20,22). The van der Waals surface area contributed by atoms with E-state index in [1.54, 1.807) is 6.92 Å². The Morgan fingerprint density at radius 2 is 2.08 bits per heavy atom. The Hall–Kier alpha value is -3.00. The molecule has 0 spiro atoms. The summed E-state index contributed by atoms with van der Waals surface area (Å²) in [5.41, 5.74) is 2.01. The molecule has 7 nitrogen and oxygen atoms in total. The highest BCUT2D eigenvalue weighted by Gasteiger charge is 2.19. The van der Waals surface area contributed by atoms with E-state index in [1.807, 2.05) is 35.9 Å². The summed E-state index contributed by atoms with van der Waals surface area (Å²) in [4.78, 5) is 36.0. The molecule has 126 valence electrons. The lowest BCUT2D eigenvalue weighted by Gasteiger charge is -2.02. The maximum atomic E-state index is 12.4. The molecular weight excluding hydrogens is 340 g/mol. The molecule has 3 aromatic heterocycles. The van der Waals surface area contributed by atoms with Crippen molar-refractivity contribution >= 4 is 38.6 Å². The number of nitrogens with one attached hydrogen (secondary N) is 1. The number of rotatable bonds is 3. The number of hydrogen-bond acceptors (Lipinski definition) is 5. The molecule has 0 aliphatic heterocycles. The zero-order chi connectivity index (χ0) is 17.7. The first-order chi connectivity index (χ1) is 12.0. The number of aryl methyl sites for hydroxylation is 2. The molecule has 0 amide bonds. The zero-order valence-corrected chi connectivity index (χ0v) is 14.3. The van der Waals surface area contributed by atoms with Gasteiger partial charge in [-0.2, -0.15) is 0 Å². The Bertz CT molecular complexity index is 1200. The van der Waals surface area contributed by atoms with E-state index in [1.165, 1.54) is 0 Å². The number of aromatic nitrogens is 4. The molecule has 8 heteroatoms. The number of H-pyrrole nitrogens is 1. The second-order valence-electron chi connectivity index (χ2n) is 5.81. The molecule has 1 aromatic carbocycles. The molecule has 0 bridgehead atoms. The first kappa shape index (κ1) is 15.5. The van der Waals surface area contributed by atoms with Gasteiger partial charge in [0.1, 0.15) is 21.4 Å². The third kappa shape index (κ3) is 2.42. The summed E-state index contributed by atoms with van der Waals surface area (Å²) in [7, 11) is 1.92. The minimum atomic E-state index is -1.04. The maximum Gasteiger partial charge on any atom is 0.346 e. The predicted octanol–water partition coefficient (Wildman–Crippen LogP) is 2.47. The number of hydrogen-bond donors (Lipinski definition) is 2. The van der Waals surface area contributed by atoms with Crippen LogP contribution in [0.5, 0.6) is 0 Å². The number of aromatic carboxylic acids is 1. The molecule has 25 heavy (non-hydrogen) atoms. The quantitative estimate of drug-likeness (QED) is 0.588. The van der Waals surface area contributed by atoms with E-state index >= 15 is 0 Å². The zero-order valence-electron chi connectivity index (χ0n) is 13.5. The lowest BCUT2D eigenvalue weighted by Crippen LogP contribution is -2.13. The molecule has 2 N–H and O–H groups in total. The Morgan fingerprint density at radius 3 is 2.80 bits per heavy atom.